The third-order valence-electron chi connectivity index (χ3n) is 3.19. The van der Waals surface area contributed by atoms with E-state index in [0.717, 1.165) is 17.7 Å². The van der Waals surface area contributed by atoms with Crippen LogP contribution in [0.3, 0.4) is 0 Å². The van der Waals surface area contributed by atoms with E-state index in [-0.39, 0.29) is 10.6 Å². The summed E-state index contributed by atoms with van der Waals surface area (Å²) in [6.45, 7) is 2.50. The summed E-state index contributed by atoms with van der Waals surface area (Å²) in [6.07, 6.45) is 0. The number of halogens is 3. The Hall–Kier alpha value is -1.65. The van der Waals surface area contributed by atoms with E-state index in [2.05, 4.69) is 5.32 Å². The van der Waals surface area contributed by atoms with Crippen molar-refractivity contribution in [2.24, 2.45) is 0 Å². The molecule has 0 spiro atoms. The average Bonchev–Trinajstić information content (AvgIpc) is 2.49. The largest absolute Gasteiger partial charge is 0.497 e. The minimum Gasteiger partial charge on any atom is -0.497 e. The molecule has 0 aliphatic carbocycles. The van der Waals surface area contributed by atoms with Gasteiger partial charge in [0.1, 0.15) is 17.4 Å². The molecule has 1 unspecified atom stereocenters. The predicted molar refractivity (Wildman–Crippen MR) is 79.9 cm³/mol. The lowest BCUT2D eigenvalue weighted by atomic mass is 9.97. The first-order valence-electron chi connectivity index (χ1n) is 6.58. The zero-order chi connectivity index (χ0) is 15.4. The quantitative estimate of drug-likeness (QED) is 0.830. The topological polar surface area (TPSA) is 21.3 Å². The molecular weight excluding hydrogens is 296 g/mol. The van der Waals surface area contributed by atoms with Gasteiger partial charge in [0.15, 0.2) is 0 Å². The van der Waals surface area contributed by atoms with Crippen molar-refractivity contribution in [3.63, 3.8) is 0 Å². The van der Waals surface area contributed by atoms with Gasteiger partial charge in [-0.1, -0.05) is 30.7 Å². The van der Waals surface area contributed by atoms with Crippen molar-refractivity contribution in [1.29, 1.82) is 0 Å². The van der Waals surface area contributed by atoms with Crippen LogP contribution in [0.25, 0.3) is 0 Å². The third kappa shape index (κ3) is 3.52. The summed E-state index contributed by atoms with van der Waals surface area (Å²) >= 11 is 5.61. The zero-order valence-electron chi connectivity index (χ0n) is 11.8. The van der Waals surface area contributed by atoms with Crippen molar-refractivity contribution < 1.29 is 13.5 Å². The first kappa shape index (κ1) is 15.7. The molecule has 21 heavy (non-hydrogen) atoms. The maximum atomic E-state index is 14.1. The van der Waals surface area contributed by atoms with Crippen LogP contribution in [-0.4, -0.2) is 13.7 Å². The summed E-state index contributed by atoms with van der Waals surface area (Å²) in [7, 11) is 1.56. The van der Waals surface area contributed by atoms with Crippen LogP contribution in [0.15, 0.2) is 36.4 Å². The molecule has 2 aromatic carbocycles. The highest BCUT2D eigenvalue weighted by molar-refractivity contribution is 6.30. The maximum absolute atomic E-state index is 14.1. The summed E-state index contributed by atoms with van der Waals surface area (Å²) in [4.78, 5) is 0. The number of benzene rings is 2. The van der Waals surface area contributed by atoms with Gasteiger partial charge in [-0.25, -0.2) is 8.78 Å². The lowest BCUT2D eigenvalue weighted by Gasteiger charge is -2.20. The van der Waals surface area contributed by atoms with Crippen molar-refractivity contribution in [2.45, 2.75) is 13.0 Å². The Morgan fingerprint density at radius 1 is 1.19 bits per heavy atom. The smallest absolute Gasteiger partial charge is 0.142 e. The highest BCUT2D eigenvalue weighted by Crippen LogP contribution is 2.29. The molecule has 0 aromatic heterocycles. The molecule has 0 radical (unpaired) electrons. The van der Waals surface area contributed by atoms with Crippen LogP contribution in [0.2, 0.25) is 5.02 Å². The molecule has 0 bridgehead atoms. The number of rotatable bonds is 5. The molecule has 0 aliphatic rings. The van der Waals surface area contributed by atoms with Crippen molar-refractivity contribution in [3.05, 3.63) is 64.2 Å². The lowest BCUT2D eigenvalue weighted by molar-refractivity contribution is 0.413. The molecule has 2 nitrogen and oxygen atoms in total. The molecule has 0 aliphatic heterocycles. The fourth-order valence-electron chi connectivity index (χ4n) is 2.19. The van der Waals surface area contributed by atoms with E-state index in [1.807, 2.05) is 19.1 Å². The van der Waals surface area contributed by atoms with Gasteiger partial charge >= 0.3 is 0 Å². The van der Waals surface area contributed by atoms with Crippen LogP contribution in [0, 0.1) is 11.6 Å². The number of nitrogens with one attached hydrogen (secondary N) is 1. The molecule has 1 atom stereocenters. The van der Waals surface area contributed by atoms with Crippen molar-refractivity contribution in [1.82, 2.24) is 5.32 Å². The number of hydrogen-bond donors (Lipinski definition) is 1. The van der Waals surface area contributed by atoms with Crippen molar-refractivity contribution in [2.75, 3.05) is 13.7 Å². The fourth-order valence-corrected chi connectivity index (χ4v) is 2.34. The number of hydrogen-bond acceptors (Lipinski definition) is 2. The Balaban J connectivity index is 2.50. The summed E-state index contributed by atoms with van der Waals surface area (Å²) in [5, 5.41) is 2.92. The van der Waals surface area contributed by atoms with E-state index in [1.54, 1.807) is 19.2 Å². The van der Waals surface area contributed by atoms with Gasteiger partial charge in [-0.15, -0.1) is 0 Å². The van der Waals surface area contributed by atoms with E-state index in [0.29, 0.717) is 12.3 Å². The van der Waals surface area contributed by atoms with Gasteiger partial charge in [0.05, 0.1) is 18.2 Å². The second-order valence-corrected chi connectivity index (χ2v) is 4.96. The maximum Gasteiger partial charge on any atom is 0.142 e. The molecule has 0 fully saturated rings. The fraction of sp³-hybridized carbons (Fsp3) is 0.250. The number of methoxy groups -OCH3 is 1. The van der Waals surface area contributed by atoms with E-state index < -0.39 is 17.7 Å². The number of ether oxygens (including phenoxy) is 1. The Labute approximate surface area is 127 Å². The van der Waals surface area contributed by atoms with Crippen LogP contribution in [-0.2, 0) is 0 Å². The third-order valence-corrected chi connectivity index (χ3v) is 3.48. The SMILES string of the molecule is CCNC(c1cccc(OC)c1)c1cc(F)c(Cl)cc1F. The molecule has 2 aromatic rings. The predicted octanol–water partition coefficient (Wildman–Crippen LogP) is 4.33. The van der Waals surface area contributed by atoms with Crippen LogP contribution in [0.1, 0.15) is 24.1 Å². The van der Waals surface area contributed by atoms with Crippen molar-refractivity contribution >= 4 is 11.6 Å². The van der Waals surface area contributed by atoms with Gasteiger partial charge in [-0.05, 0) is 36.4 Å². The first-order valence-corrected chi connectivity index (χ1v) is 6.96. The molecular formula is C16H16ClF2NO. The molecule has 1 N–H and O–H groups in total. The normalized spacial score (nSPS) is 12.2. The first-order chi connectivity index (χ1) is 10.1. The van der Waals surface area contributed by atoms with E-state index in [9.17, 15) is 8.78 Å². The molecule has 0 saturated carbocycles. The van der Waals surface area contributed by atoms with Gasteiger partial charge < -0.3 is 10.1 Å². The van der Waals surface area contributed by atoms with Gasteiger partial charge in [0.25, 0.3) is 0 Å². The average molecular weight is 312 g/mol. The summed E-state index contributed by atoms with van der Waals surface area (Å²) < 4.78 is 33.0. The molecule has 5 heteroatoms. The van der Waals surface area contributed by atoms with Gasteiger partial charge in [0.2, 0.25) is 0 Å². The minimum atomic E-state index is -0.640. The highest BCUT2D eigenvalue weighted by Gasteiger charge is 2.19. The Bertz CT molecular complexity index is 634. The van der Waals surface area contributed by atoms with Crippen LogP contribution < -0.4 is 10.1 Å². The standard InChI is InChI=1S/C16H16ClF2NO/c1-3-20-16(10-5-4-6-11(7-10)21-2)12-8-15(19)13(17)9-14(12)18/h4-9,16,20H,3H2,1-2H3. The van der Waals surface area contributed by atoms with Crippen molar-refractivity contribution in [3.8, 4) is 5.75 Å². The van der Waals surface area contributed by atoms with Gasteiger partial charge in [-0.3, -0.25) is 0 Å². The molecule has 0 amide bonds. The van der Waals surface area contributed by atoms with E-state index in [1.165, 1.54) is 0 Å². The monoisotopic (exact) mass is 311 g/mol. The minimum absolute atomic E-state index is 0.215. The molecule has 112 valence electrons. The Kier molecular flexibility index (Phi) is 5.15. The second kappa shape index (κ2) is 6.87. The highest BCUT2D eigenvalue weighted by atomic mass is 35.5. The summed E-state index contributed by atoms with van der Waals surface area (Å²) in [5.41, 5.74) is 1.00. The molecule has 0 saturated heterocycles. The summed E-state index contributed by atoms with van der Waals surface area (Å²) in [6, 6.07) is 8.88. The van der Waals surface area contributed by atoms with Gasteiger partial charge in [0, 0.05) is 5.56 Å². The molecule has 0 heterocycles. The van der Waals surface area contributed by atoms with E-state index in [4.69, 9.17) is 16.3 Å². The zero-order valence-corrected chi connectivity index (χ0v) is 12.5. The second-order valence-electron chi connectivity index (χ2n) is 4.56. The van der Waals surface area contributed by atoms with Crippen LogP contribution in [0.4, 0.5) is 8.78 Å². The van der Waals surface area contributed by atoms with E-state index >= 15 is 0 Å². The Morgan fingerprint density at radius 3 is 2.62 bits per heavy atom. The van der Waals surface area contributed by atoms with Gasteiger partial charge in [-0.2, -0.15) is 0 Å². The lowest BCUT2D eigenvalue weighted by Crippen LogP contribution is -2.23. The Morgan fingerprint density at radius 2 is 1.95 bits per heavy atom. The van der Waals surface area contributed by atoms with Crippen LogP contribution in [0.5, 0.6) is 5.75 Å². The molecule has 2 rings (SSSR count). The van der Waals surface area contributed by atoms with Crippen LogP contribution >= 0.6 is 11.6 Å². The summed E-state index contributed by atoms with van der Waals surface area (Å²) in [5.74, 6) is -0.528.